The third-order valence-electron chi connectivity index (χ3n) is 3.78. The number of hydrogen-bond donors (Lipinski definition) is 3. The van der Waals surface area contributed by atoms with Crippen molar-refractivity contribution in [2.24, 2.45) is 5.92 Å². The van der Waals surface area contributed by atoms with Gasteiger partial charge in [0.25, 0.3) is 0 Å². The topological polar surface area (TPSA) is 61.4 Å². The Balaban J connectivity index is 0.00000144. The van der Waals surface area contributed by atoms with Gasteiger partial charge in [-0.2, -0.15) is 0 Å². The maximum atomic E-state index is 11.7. The predicted octanol–water partition coefficient (Wildman–Crippen LogP) is 0.827. The van der Waals surface area contributed by atoms with E-state index in [1.807, 2.05) is 0 Å². The number of carbonyl (C=O) groups is 1. The van der Waals surface area contributed by atoms with Crippen LogP contribution in [0.25, 0.3) is 0 Å². The molecular weight excluding hydrogens is 240 g/mol. The second kappa shape index (κ2) is 7.19. The summed E-state index contributed by atoms with van der Waals surface area (Å²) >= 11 is 0. The average molecular weight is 263 g/mol. The molecule has 0 spiro atoms. The number of nitrogens with one attached hydrogen (secondary N) is 2. The van der Waals surface area contributed by atoms with Crippen molar-refractivity contribution in [2.75, 3.05) is 13.1 Å². The molecule has 100 valence electrons. The Labute approximate surface area is 109 Å². The van der Waals surface area contributed by atoms with Crippen LogP contribution in [0, 0.1) is 5.92 Å². The van der Waals surface area contributed by atoms with Crippen LogP contribution in [0.3, 0.4) is 0 Å². The van der Waals surface area contributed by atoms with E-state index in [0.717, 1.165) is 38.6 Å². The van der Waals surface area contributed by atoms with Crippen LogP contribution in [-0.4, -0.2) is 36.2 Å². The summed E-state index contributed by atoms with van der Waals surface area (Å²) < 4.78 is 0. The van der Waals surface area contributed by atoms with E-state index >= 15 is 0 Å². The summed E-state index contributed by atoms with van der Waals surface area (Å²) in [5.74, 6) is 0.370. The molecule has 3 unspecified atom stereocenters. The number of halogens is 1. The van der Waals surface area contributed by atoms with Crippen molar-refractivity contribution in [1.82, 2.24) is 10.6 Å². The van der Waals surface area contributed by atoms with Gasteiger partial charge in [-0.25, -0.2) is 0 Å². The molecule has 2 fully saturated rings. The Morgan fingerprint density at radius 1 is 1.24 bits per heavy atom. The standard InChI is InChI=1S/C12H22N2O2.ClH/c15-11-6-2-1-4-9(11)8-14-12(16)10-5-3-7-13-10;/h9-11,13,15H,1-8H2,(H,14,16);1H. The zero-order valence-electron chi connectivity index (χ0n) is 10.2. The molecule has 3 atom stereocenters. The van der Waals surface area contributed by atoms with E-state index in [4.69, 9.17) is 0 Å². The minimum absolute atomic E-state index is 0. The Hall–Kier alpha value is -0.320. The van der Waals surface area contributed by atoms with Gasteiger partial charge in [0.05, 0.1) is 12.1 Å². The SMILES string of the molecule is Cl.O=C(NCC1CCCCC1O)C1CCCN1. The summed E-state index contributed by atoms with van der Waals surface area (Å²) in [6.45, 7) is 1.59. The van der Waals surface area contributed by atoms with Gasteiger partial charge in [-0.3, -0.25) is 4.79 Å². The fraction of sp³-hybridized carbons (Fsp3) is 0.917. The molecule has 0 aromatic heterocycles. The van der Waals surface area contributed by atoms with Crippen molar-refractivity contribution in [3.8, 4) is 0 Å². The number of aliphatic hydroxyl groups is 1. The van der Waals surface area contributed by atoms with Crippen LogP contribution in [0.4, 0.5) is 0 Å². The van der Waals surface area contributed by atoms with Gasteiger partial charge >= 0.3 is 0 Å². The normalized spacial score (nSPS) is 32.9. The molecule has 2 aliphatic rings. The molecule has 3 N–H and O–H groups in total. The van der Waals surface area contributed by atoms with Crippen molar-refractivity contribution in [2.45, 2.75) is 50.7 Å². The molecule has 1 saturated carbocycles. The van der Waals surface area contributed by atoms with Crippen LogP contribution < -0.4 is 10.6 Å². The lowest BCUT2D eigenvalue weighted by Crippen LogP contribution is -2.44. The number of aliphatic hydroxyl groups excluding tert-OH is 1. The van der Waals surface area contributed by atoms with Crippen LogP contribution in [0.1, 0.15) is 38.5 Å². The lowest BCUT2D eigenvalue weighted by molar-refractivity contribution is -0.123. The van der Waals surface area contributed by atoms with Gasteiger partial charge in [0.2, 0.25) is 5.91 Å². The van der Waals surface area contributed by atoms with Crippen LogP contribution >= 0.6 is 12.4 Å². The molecular formula is C12H23ClN2O2. The first kappa shape index (κ1) is 14.7. The summed E-state index contributed by atoms with van der Waals surface area (Å²) in [4.78, 5) is 11.7. The highest BCUT2D eigenvalue weighted by molar-refractivity contribution is 5.85. The number of carbonyl (C=O) groups excluding carboxylic acids is 1. The summed E-state index contributed by atoms with van der Waals surface area (Å²) in [6, 6.07) is 0.000679. The summed E-state index contributed by atoms with van der Waals surface area (Å²) in [7, 11) is 0. The fourth-order valence-corrected chi connectivity index (χ4v) is 2.69. The first-order valence-corrected chi connectivity index (χ1v) is 6.46. The Morgan fingerprint density at radius 3 is 2.65 bits per heavy atom. The molecule has 1 heterocycles. The van der Waals surface area contributed by atoms with Gasteiger partial charge in [-0.15, -0.1) is 12.4 Å². The van der Waals surface area contributed by atoms with E-state index in [2.05, 4.69) is 10.6 Å². The molecule has 1 amide bonds. The van der Waals surface area contributed by atoms with Crippen LogP contribution in [0.15, 0.2) is 0 Å². The second-order valence-corrected chi connectivity index (χ2v) is 5.01. The molecule has 2 rings (SSSR count). The molecule has 0 aromatic carbocycles. The van der Waals surface area contributed by atoms with E-state index in [1.165, 1.54) is 6.42 Å². The van der Waals surface area contributed by atoms with Gasteiger partial charge in [0, 0.05) is 12.5 Å². The molecule has 4 nitrogen and oxygen atoms in total. The van der Waals surface area contributed by atoms with Crippen LogP contribution in [-0.2, 0) is 4.79 Å². The zero-order chi connectivity index (χ0) is 11.4. The number of rotatable bonds is 3. The smallest absolute Gasteiger partial charge is 0.237 e. The quantitative estimate of drug-likeness (QED) is 0.706. The zero-order valence-corrected chi connectivity index (χ0v) is 11.0. The lowest BCUT2D eigenvalue weighted by atomic mass is 9.86. The van der Waals surface area contributed by atoms with Gasteiger partial charge in [-0.05, 0) is 32.2 Å². The Morgan fingerprint density at radius 2 is 2.00 bits per heavy atom. The molecule has 0 bridgehead atoms. The maximum absolute atomic E-state index is 11.7. The van der Waals surface area contributed by atoms with E-state index in [1.54, 1.807) is 0 Å². The highest BCUT2D eigenvalue weighted by atomic mass is 35.5. The second-order valence-electron chi connectivity index (χ2n) is 5.01. The summed E-state index contributed by atoms with van der Waals surface area (Å²) in [6.07, 6.45) is 6.05. The minimum Gasteiger partial charge on any atom is -0.393 e. The van der Waals surface area contributed by atoms with Gasteiger partial charge in [0.1, 0.15) is 0 Å². The lowest BCUT2D eigenvalue weighted by Gasteiger charge is -2.28. The van der Waals surface area contributed by atoms with Crippen LogP contribution in [0.5, 0.6) is 0 Å². The largest absolute Gasteiger partial charge is 0.393 e. The van der Waals surface area contributed by atoms with Gasteiger partial charge in [0.15, 0.2) is 0 Å². The molecule has 1 aliphatic carbocycles. The Kier molecular flexibility index (Phi) is 6.23. The first-order chi connectivity index (χ1) is 7.77. The minimum atomic E-state index is -0.217. The molecule has 5 heteroatoms. The number of hydrogen-bond acceptors (Lipinski definition) is 3. The number of amides is 1. The average Bonchev–Trinajstić information content (AvgIpc) is 2.81. The van der Waals surface area contributed by atoms with Crippen molar-refractivity contribution in [3.63, 3.8) is 0 Å². The van der Waals surface area contributed by atoms with E-state index in [0.29, 0.717) is 6.54 Å². The molecule has 1 saturated heterocycles. The van der Waals surface area contributed by atoms with Crippen molar-refractivity contribution >= 4 is 18.3 Å². The van der Waals surface area contributed by atoms with Gasteiger partial charge in [-0.1, -0.05) is 12.8 Å². The third kappa shape index (κ3) is 4.12. The molecule has 0 aromatic rings. The predicted molar refractivity (Wildman–Crippen MR) is 69.2 cm³/mol. The van der Waals surface area contributed by atoms with E-state index in [9.17, 15) is 9.90 Å². The summed E-state index contributed by atoms with van der Waals surface area (Å²) in [5, 5.41) is 15.9. The molecule has 0 radical (unpaired) electrons. The third-order valence-corrected chi connectivity index (χ3v) is 3.78. The highest BCUT2D eigenvalue weighted by Gasteiger charge is 2.26. The van der Waals surface area contributed by atoms with Crippen molar-refractivity contribution in [3.05, 3.63) is 0 Å². The Bertz CT molecular complexity index is 245. The van der Waals surface area contributed by atoms with E-state index < -0.39 is 0 Å². The van der Waals surface area contributed by atoms with Crippen molar-refractivity contribution < 1.29 is 9.90 Å². The van der Waals surface area contributed by atoms with E-state index in [-0.39, 0.29) is 36.4 Å². The monoisotopic (exact) mass is 262 g/mol. The summed E-state index contributed by atoms with van der Waals surface area (Å²) in [5.41, 5.74) is 0. The van der Waals surface area contributed by atoms with Crippen molar-refractivity contribution in [1.29, 1.82) is 0 Å². The fourth-order valence-electron chi connectivity index (χ4n) is 2.69. The maximum Gasteiger partial charge on any atom is 0.237 e. The highest BCUT2D eigenvalue weighted by Crippen LogP contribution is 2.23. The first-order valence-electron chi connectivity index (χ1n) is 6.46. The van der Waals surface area contributed by atoms with Gasteiger partial charge < -0.3 is 15.7 Å². The molecule has 1 aliphatic heterocycles. The molecule has 17 heavy (non-hydrogen) atoms. The van der Waals surface area contributed by atoms with Crippen LogP contribution in [0.2, 0.25) is 0 Å².